The van der Waals surface area contributed by atoms with Crippen molar-refractivity contribution < 1.29 is 18.7 Å². The van der Waals surface area contributed by atoms with Gasteiger partial charge in [-0.15, -0.1) is 0 Å². The number of aryl methyl sites for hydroxylation is 1. The van der Waals surface area contributed by atoms with Crippen LogP contribution in [0.4, 0.5) is 10.1 Å². The van der Waals surface area contributed by atoms with Crippen molar-refractivity contribution in [1.29, 1.82) is 0 Å². The molecule has 0 spiro atoms. The molecule has 1 heterocycles. The first-order chi connectivity index (χ1) is 13.5. The standard InChI is InChI=1S/C21H24FN3O3/c1-15-2-3-17(14-19(15)22)21(27)24-9-8-23-20(26)16-4-6-18(7-5-16)25-10-12-28-13-11-25/h2-7,14H,8-13H2,1H3,(H,23,26)(H,24,27). The molecule has 6 nitrogen and oxygen atoms in total. The summed E-state index contributed by atoms with van der Waals surface area (Å²) in [4.78, 5) is 26.4. The fraction of sp³-hybridized carbons (Fsp3) is 0.333. The number of hydrogen-bond acceptors (Lipinski definition) is 4. The quantitative estimate of drug-likeness (QED) is 0.748. The Hall–Kier alpha value is -2.93. The molecular formula is C21H24FN3O3. The maximum atomic E-state index is 13.5. The minimum absolute atomic E-state index is 0.204. The normalized spacial score (nSPS) is 13.9. The van der Waals surface area contributed by atoms with Crippen molar-refractivity contribution in [1.82, 2.24) is 10.6 Å². The number of rotatable bonds is 6. The van der Waals surface area contributed by atoms with Crippen LogP contribution in [0.2, 0.25) is 0 Å². The highest BCUT2D eigenvalue weighted by Crippen LogP contribution is 2.16. The Morgan fingerprint density at radius 1 is 0.964 bits per heavy atom. The maximum Gasteiger partial charge on any atom is 0.251 e. The Bertz CT molecular complexity index is 833. The van der Waals surface area contributed by atoms with Gasteiger partial charge in [0.2, 0.25) is 0 Å². The molecule has 0 unspecified atom stereocenters. The van der Waals surface area contributed by atoms with E-state index in [1.807, 2.05) is 12.1 Å². The number of halogens is 1. The molecule has 0 atom stereocenters. The van der Waals surface area contributed by atoms with Crippen LogP contribution in [-0.2, 0) is 4.74 Å². The number of carbonyl (C=O) groups is 2. The number of anilines is 1. The van der Waals surface area contributed by atoms with Gasteiger partial charge < -0.3 is 20.3 Å². The van der Waals surface area contributed by atoms with E-state index in [4.69, 9.17) is 4.74 Å². The highest BCUT2D eigenvalue weighted by atomic mass is 19.1. The number of ether oxygens (including phenoxy) is 1. The summed E-state index contributed by atoms with van der Waals surface area (Å²) < 4.78 is 18.9. The van der Waals surface area contributed by atoms with Gasteiger partial charge in [-0.1, -0.05) is 6.07 Å². The lowest BCUT2D eigenvalue weighted by Gasteiger charge is -2.28. The van der Waals surface area contributed by atoms with E-state index in [-0.39, 0.29) is 30.5 Å². The van der Waals surface area contributed by atoms with Crippen LogP contribution in [0, 0.1) is 12.7 Å². The zero-order valence-electron chi connectivity index (χ0n) is 15.8. The van der Waals surface area contributed by atoms with E-state index < -0.39 is 5.82 Å². The summed E-state index contributed by atoms with van der Waals surface area (Å²) in [5, 5.41) is 5.43. The zero-order valence-corrected chi connectivity index (χ0v) is 15.8. The Balaban J connectivity index is 1.43. The SMILES string of the molecule is Cc1ccc(C(=O)NCCNC(=O)c2ccc(N3CCOCC3)cc2)cc1F. The minimum Gasteiger partial charge on any atom is -0.378 e. The summed E-state index contributed by atoms with van der Waals surface area (Å²) in [5.41, 5.74) is 2.37. The van der Waals surface area contributed by atoms with Gasteiger partial charge in [-0.25, -0.2) is 4.39 Å². The van der Waals surface area contributed by atoms with Crippen LogP contribution in [0.15, 0.2) is 42.5 Å². The van der Waals surface area contributed by atoms with Crippen LogP contribution in [0.1, 0.15) is 26.3 Å². The number of nitrogens with zero attached hydrogens (tertiary/aromatic N) is 1. The van der Waals surface area contributed by atoms with Crippen molar-refractivity contribution in [2.24, 2.45) is 0 Å². The molecule has 2 amide bonds. The summed E-state index contributed by atoms with van der Waals surface area (Å²) in [7, 11) is 0. The van der Waals surface area contributed by atoms with E-state index in [1.54, 1.807) is 31.2 Å². The maximum absolute atomic E-state index is 13.5. The van der Waals surface area contributed by atoms with E-state index in [1.165, 1.54) is 6.07 Å². The molecule has 1 aliphatic heterocycles. The van der Waals surface area contributed by atoms with E-state index in [0.29, 0.717) is 24.3 Å². The molecule has 148 valence electrons. The van der Waals surface area contributed by atoms with Crippen LogP contribution in [0.5, 0.6) is 0 Å². The fourth-order valence-electron chi connectivity index (χ4n) is 2.94. The van der Waals surface area contributed by atoms with Crippen molar-refractivity contribution in [3.05, 3.63) is 65.0 Å². The average molecular weight is 385 g/mol. The third kappa shape index (κ3) is 5.07. The molecule has 1 aliphatic rings. The lowest BCUT2D eigenvalue weighted by atomic mass is 10.1. The van der Waals surface area contributed by atoms with Crippen molar-refractivity contribution in [2.75, 3.05) is 44.3 Å². The van der Waals surface area contributed by atoms with Gasteiger partial charge in [-0.05, 0) is 48.9 Å². The Morgan fingerprint density at radius 3 is 2.14 bits per heavy atom. The molecule has 1 fully saturated rings. The van der Waals surface area contributed by atoms with Gasteiger partial charge in [0.1, 0.15) is 5.82 Å². The Kier molecular flexibility index (Phi) is 6.60. The molecule has 1 saturated heterocycles. The summed E-state index contributed by atoms with van der Waals surface area (Å²) in [5.74, 6) is -0.992. The van der Waals surface area contributed by atoms with Crippen LogP contribution < -0.4 is 15.5 Å². The third-order valence-corrected chi connectivity index (χ3v) is 4.64. The van der Waals surface area contributed by atoms with Gasteiger partial charge in [0.05, 0.1) is 13.2 Å². The Morgan fingerprint density at radius 2 is 1.54 bits per heavy atom. The van der Waals surface area contributed by atoms with Crippen molar-refractivity contribution >= 4 is 17.5 Å². The van der Waals surface area contributed by atoms with Gasteiger partial charge in [0.15, 0.2) is 0 Å². The Labute approximate surface area is 163 Å². The van der Waals surface area contributed by atoms with Crippen molar-refractivity contribution in [3.63, 3.8) is 0 Å². The zero-order chi connectivity index (χ0) is 19.9. The molecule has 0 radical (unpaired) electrons. The first-order valence-electron chi connectivity index (χ1n) is 9.30. The largest absolute Gasteiger partial charge is 0.378 e. The monoisotopic (exact) mass is 385 g/mol. The molecule has 0 aliphatic carbocycles. The second kappa shape index (κ2) is 9.32. The molecule has 0 saturated carbocycles. The second-order valence-corrected chi connectivity index (χ2v) is 6.62. The van der Waals surface area contributed by atoms with Crippen LogP contribution in [0.3, 0.4) is 0 Å². The first kappa shape index (κ1) is 19.8. The van der Waals surface area contributed by atoms with E-state index in [2.05, 4.69) is 15.5 Å². The molecule has 3 rings (SSSR count). The van der Waals surface area contributed by atoms with Gasteiger partial charge >= 0.3 is 0 Å². The summed E-state index contributed by atoms with van der Waals surface area (Å²) in [6.07, 6.45) is 0. The van der Waals surface area contributed by atoms with Gasteiger partial charge in [0, 0.05) is 43.0 Å². The van der Waals surface area contributed by atoms with Gasteiger partial charge in [-0.2, -0.15) is 0 Å². The summed E-state index contributed by atoms with van der Waals surface area (Å²) in [6.45, 7) is 5.29. The van der Waals surface area contributed by atoms with Crippen LogP contribution in [0.25, 0.3) is 0 Å². The van der Waals surface area contributed by atoms with E-state index in [0.717, 1.165) is 18.8 Å². The summed E-state index contributed by atoms with van der Waals surface area (Å²) >= 11 is 0. The van der Waals surface area contributed by atoms with Crippen LogP contribution >= 0.6 is 0 Å². The molecule has 2 N–H and O–H groups in total. The highest BCUT2D eigenvalue weighted by molar-refractivity contribution is 5.95. The third-order valence-electron chi connectivity index (χ3n) is 4.64. The van der Waals surface area contributed by atoms with Gasteiger partial charge in [0.25, 0.3) is 11.8 Å². The predicted octanol–water partition coefficient (Wildman–Crippen LogP) is 2.13. The topological polar surface area (TPSA) is 70.7 Å². The van der Waals surface area contributed by atoms with Crippen molar-refractivity contribution in [2.45, 2.75) is 6.92 Å². The average Bonchev–Trinajstić information content (AvgIpc) is 2.73. The second-order valence-electron chi connectivity index (χ2n) is 6.62. The number of hydrogen-bond donors (Lipinski definition) is 2. The van der Waals surface area contributed by atoms with Crippen molar-refractivity contribution in [3.8, 4) is 0 Å². The molecule has 0 bridgehead atoms. The van der Waals surface area contributed by atoms with Gasteiger partial charge in [-0.3, -0.25) is 9.59 Å². The first-order valence-corrected chi connectivity index (χ1v) is 9.30. The van der Waals surface area contributed by atoms with Crippen LogP contribution in [-0.4, -0.2) is 51.2 Å². The highest BCUT2D eigenvalue weighted by Gasteiger charge is 2.12. The summed E-state index contributed by atoms with van der Waals surface area (Å²) in [6, 6.07) is 11.8. The smallest absolute Gasteiger partial charge is 0.251 e. The molecule has 0 aromatic heterocycles. The van der Waals surface area contributed by atoms with E-state index in [9.17, 15) is 14.0 Å². The number of carbonyl (C=O) groups excluding carboxylic acids is 2. The number of morpholine rings is 1. The predicted molar refractivity (Wildman–Crippen MR) is 105 cm³/mol. The number of benzene rings is 2. The number of amides is 2. The molecule has 28 heavy (non-hydrogen) atoms. The molecule has 2 aromatic carbocycles. The lowest BCUT2D eigenvalue weighted by molar-refractivity contribution is 0.0927. The fourth-order valence-corrected chi connectivity index (χ4v) is 2.94. The molecule has 2 aromatic rings. The molecular weight excluding hydrogens is 361 g/mol. The molecule has 7 heteroatoms. The lowest BCUT2D eigenvalue weighted by Crippen LogP contribution is -2.36. The minimum atomic E-state index is -0.415. The van der Waals surface area contributed by atoms with E-state index >= 15 is 0 Å². The number of nitrogens with one attached hydrogen (secondary N) is 2.